The first kappa shape index (κ1) is 13.4. The summed E-state index contributed by atoms with van der Waals surface area (Å²) in [5, 5.41) is 0. The topological polar surface area (TPSA) is 44.8 Å². The zero-order valence-electron chi connectivity index (χ0n) is 9.19. The van der Waals surface area contributed by atoms with Gasteiger partial charge in [0.15, 0.2) is 6.29 Å². The molecule has 0 aliphatic heterocycles. The second kappa shape index (κ2) is 8.97. The summed E-state index contributed by atoms with van der Waals surface area (Å²) < 4.78 is 15.1. The van der Waals surface area contributed by atoms with Crippen molar-refractivity contribution in [1.82, 2.24) is 0 Å². The molecule has 0 heterocycles. The van der Waals surface area contributed by atoms with E-state index in [1.165, 1.54) is 6.42 Å². The lowest BCUT2D eigenvalue weighted by Crippen LogP contribution is -2.22. The number of hydrogen-bond acceptors (Lipinski definition) is 4. The molecule has 4 heteroatoms. The first-order chi connectivity index (χ1) is 6.70. The summed E-state index contributed by atoms with van der Waals surface area (Å²) in [7, 11) is 0. The predicted molar refractivity (Wildman–Crippen MR) is 52.6 cm³/mol. The average Bonchev–Trinajstić information content (AvgIpc) is 2.13. The molecule has 0 saturated heterocycles. The number of carbonyl (C=O) groups is 1. The first-order valence-corrected chi connectivity index (χ1v) is 5.06. The Morgan fingerprint density at radius 3 is 2.50 bits per heavy atom. The molecule has 0 aromatic carbocycles. The van der Waals surface area contributed by atoms with Crippen molar-refractivity contribution in [2.24, 2.45) is 0 Å². The molecule has 0 fully saturated rings. The van der Waals surface area contributed by atoms with Gasteiger partial charge >= 0.3 is 0 Å². The molecule has 0 saturated carbocycles. The summed E-state index contributed by atoms with van der Waals surface area (Å²) in [6, 6.07) is 0. The number of rotatable bonds is 9. The normalized spacial score (nSPS) is 14.8. The van der Waals surface area contributed by atoms with Crippen LogP contribution in [0.25, 0.3) is 0 Å². The Balaban J connectivity index is 3.34. The smallest absolute Gasteiger partial charge is 0.295 e. The zero-order valence-corrected chi connectivity index (χ0v) is 9.19. The molecule has 2 atom stereocenters. The van der Waals surface area contributed by atoms with Crippen molar-refractivity contribution in [2.75, 3.05) is 6.61 Å². The number of ether oxygens (including phenoxy) is 3. The Kier molecular flexibility index (Phi) is 8.57. The van der Waals surface area contributed by atoms with Gasteiger partial charge in [-0.25, -0.2) is 0 Å². The molecule has 0 N–H and O–H groups in total. The van der Waals surface area contributed by atoms with Gasteiger partial charge in [0, 0.05) is 6.61 Å². The van der Waals surface area contributed by atoms with Gasteiger partial charge in [0.05, 0.1) is 0 Å². The van der Waals surface area contributed by atoms with Gasteiger partial charge in [-0.2, -0.15) is 0 Å². The molecule has 84 valence electrons. The highest BCUT2D eigenvalue weighted by molar-refractivity contribution is 5.37. The molecule has 0 aliphatic rings. The Labute approximate surface area is 85.5 Å². The van der Waals surface area contributed by atoms with E-state index in [0.717, 1.165) is 12.8 Å². The maximum absolute atomic E-state index is 9.95. The van der Waals surface area contributed by atoms with Gasteiger partial charge in [0.2, 0.25) is 6.29 Å². The molecule has 0 aliphatic carbocycles. The SMILES string of the molecule is CCCCCOC(C)OC(C)OC=O. The van der Waals surface area contributed by atoms with Crippen LogP contribution in [0.1, 0.15) is 40.0 Å². The third-order valence-electron chi connectivity index (χ3n) is 1.73. The molecule has 0 aromatic heterocycles. The van der Waals surface area contributed by atoms with Crippen molar-refractivity contribution in [3.8, 4) is 0 Å². The largest absolute Gasteiger partial charge is 0.438 e. The van der Waals surface area contributed by atoms with E-state index in [2.05, 4.69) is 11.7 Å². The molecule has 0 amide bonds. The Bertz CT molecular complexity index is 138. The molecule has 0 spiro atoms. The van der Waals surface area contributed by atoms with Crippen LogP contribution in [0, 0.1) is 0 Å². The van der Waals surface area contributed by atoms with Crippen molar-refractivity contribution in [3.05, 3.63) is 0 Å². The molecule has 14 heavy (non-hydrogen) atoms. The fraction of sp³-hybridized carbons (Fsp3) is 0.900. The minimum absolute atomic E-state index is 0.332. The van der Waals surface area contributed by atoms with Gasteiger partial charge in [0.1, 0.15) is 0 Å². The minimum atomic E-state index is -0.548. The highest BCUT2D eigenvalue weighted by Gasteiger charge is 2.08. The minimum Gasteiger partial charge on any atom is -0.438 e. The van der Waals surface area contributed by atoms with Crippen molar-refractivity contribution in [2.45, 2.75) is 52.6 Å². The summed E-state index contributed by atoms with van der Waals surface area (Å²) in [6.45, 7) is 6.63. The molecule has 0 radical (unpaired) electrons. The molecule has 0 bridgehead atoms. The molecule has 4 nitrogen and oxygen atoms in total. The third-order valence-corrected chi connectivity index (χ3v) is 1.73. The fourth-order valence-corrected chi connectivity index (χ4v) is 1.02. The fourth-order valence-electron chi connectivity index (χ4n) is 1.02. The highest BCUT2D eigenvalue weighted by Crippen LogP contribution is 2.02. The Morgan fingerprint density at radius 2 is 1.93 bits per heavy atom. The van der Waals surface area contributed by atoms with E-state index in [4.69, 9.17) is 9.47 Å². The van der Waals surface area contributed by atoms with Crippen LogP contribution in [0.5, 0.6) is 0 Å². The maximum Gasteiger partial charge on any atom is 0.295 e. The van der Waals surface area contributed by atoms with Gasteiger partial charge in [-0.05, 0) is 20.3 Å². The lowest BCUT2D eigenvalue weighted by molar-refractivity contribution is -0.222. The lowest BCUT2D eigenvalue weighted by Gasteiger charge is -2.17. The highest BCUT2D eigenvalue weighted by atomic mass is 16.8. The predicted octanol–water partition coefficient (Wildman–Crippen LogP) is 2.07. The summed E-state index contributed by atoms with van der Waals surface area (Å²) >= 11 is 0. The van der Waals surface area contributed by atoms with E-state index in [1.807, 2.05) is 0 Å². The third kappa shape index (κ3) is 8.01. The molecule has 0 aromatic rings. The zero-order chi connectivity index (χ0) is 10.8. The van der Waals surface area contributed by atoms with Gasteiger partial charge in [0.25, 0.3) is 6.47 Å². The summed E-state index contributed by atoms with van der Waals surface area (Å²) in [6.07, 6.45) is 2.49. The van der Waals surface area contributed by atoms with Gasteiger partial charge in [-0.3, -0.25) is 4.79 Å². The van der Waals surface area contributed by atoms with Gasteiger partial charge in [-0.1, -0.05) is 19.8 Å². The Morgan fingerprint density at radius 1 is 1.21 bits per heavy atom. The average molecular weight is 204 g/mol. The first-order valence-electron chi connectivity index (χ1n) is 5.06. The number of hydrogen-bond donors (Lipinski definition) is 0. The summed E-state index contributed by atoms with van der Waals surface area (Å²) in [4.78, 5) is 9.95. The van der Waals surface area contributed by atoms with Crippen LogP contribution >= 0.6 is 0 Å². The van der Waals surface area contributed by atoms with Gasteiger partial charge in [-0.15, -0.1) is 0 Å². The second-order valence-corrected chi connectivity index (χ2v) is 3.08. The molecular formula is C10H20O4. The summed E-state index contributed by atoms with van der Waals surface area (Å²) in [5.74, 6) is 0. The van der Waals surface area contributed by atoms with Crippen LogP contribution in [0.15, 0.2) is 0 Å². The van der Waals surface area contributed by atoms with Crippen molar-refractivity contribution >= 4 is 6.47 Å². The lowest BCUT2D eigenvalue weighted by atomic mass is 10.3. The Hall–Kier alpha value is -0.610. The van der Waals surface area contributed by atoms with Crippen LogP contribution in [-0.4, -0.2) is 25.7 Å². The van der Waals surface area contributed by atoms with E-state index in [9.17, 15) is 4.79 Å². The van der Waals surface area contributed by atoms with Crippen LogP contribution in [-0.2, 0) is 19.0 Å². The van der Waals surface area contributed by atoms with E-state index < -0.39 is 6.29 Å². The number of carbonyl (C=O) groups excluding carboxylic acids is 1. The maximum atomic E-state index is 9.95. The monoisotopic (exact) mass is 204 g/mol. The van der Waals surface area contributed by atoms with E-state index >= 15 is 0 Å². The van der Waals surface area contributed by atoms with E-state index in [1.54, 1.807) is 13.8 Å². The second-order valence-electron chi connectivity index (χ2n) is 3.08. The molecular weight excluding hydrogens is 184 g/mol. The van der Waals surface area contributed by atoms with Crippen LogP contribution < -0.4 is 0 Å². The van der Waals surface area contributed by atoms with E-state index in [-0.39, 0.29) is 6.29 Å². The van der Waals surface area contributed by atoms with Crippen molar-refractivity contribution in [1.29, 1.82) is 0 Å². The number of unbranched alkanes of at least 4 members (excludes halogenated alkanes) is 2. The van der Waals surface area contributed by atoms with E-state index in [0.29, 0.717) is 13.1 Å². The standard InChI is InChI=1S/C10H20O4/c1-4-5-6-7-12-9(2)14-10(3)13-8-11/h8-10H,4-7H2,1-3H3. The van der Waals surface area contributed by atoms with Crippen LogP contribution in [0.3, 0.4) is 0 Å². The molecule has 0 rings (SSSR count). The quantitative estimate of drug-likeness (QED) is 0.327. The van der Waals surface area contributed by atoms with Crippen molar-refractivity contribution < 1.29 is 19.0 Å². The van der Waals surface area contributed by atoms with Crippen molar-refractivity contribution in [3.63, 3.8) is 0 Å². The van der Waals surface area contributed by atoms with Gasteiger partial charge < -0.3 is 14.2 Å². The van der Waals surface area contributed by atoms with Crippen LogP contribution in [0.2, 0.25) is 0 Å². The molecule has 2 unspecified atom stereocenters. The summed E-state index contributed by atoms with van der Waals surface area (Å²) in [5.41, 5.74) is 0. The van der Waals surface area contributed by atoms with Crippen LogP contribution in [0.4, 0.5) is 0 Å².